The Bertz CT molecular complexity index is 248. The maximum atomic E-state index is 4.54. The zero-order valence-corrected chi connectivity index (χ0v) is 10.7. The summed E-state index contributed by atoms with van der Waals surface area (Å²) in [7, 11) is 0. The summed E-state index contributed by atoms with van der Waals surface area (Å²) in [5.74, 6) is 1.24. The Kier molecular flexibility index (Phi) is 3.60. The molecular weight excluding hydrogens is 204 g/mol. The maximum absolute atomic E-state index is 4.54. The van der Waals surface area contributed by atoms with Crippen molar-refractivity contribution < 1.29 is 0 Å². The van der Waals surface area contributed by atoms with Gasteiger partial charge in [0.1, 0.15) is 0 Å². The van der Waals surface area contributed by atoms with E-state index < -0.39 is 0 Å². The van der Waals surface area contributed by atoms with Crippen LogP contribution < -0.4 is 5.32 Å². The molecule has 1 aliphatic carbocycles. The average molecular weight is 226 g/mol. The number of rotatable bonds is 1. The van der Waals surface area contributed by atoms with E-state index in [1.54, 1.807) is 0 Å². The Balaban J connectivity index is 1.86. The fourth-order valence-corrected chi connectivity index (χ4v) is 3.44. The van der Waals surface area contributed by atoms with Gasteiger partial charge in [-0.3, -0.25) is 4.99 Å². The predicted octanol–water partition coefficient (Wildman–Crippen LogP) is 3.04. The zero-order chi connectivity index (χ0) is 10.7. The Morgan fingerprint density at radius 3 is 2.93 bits per heavy atom. The van der Waals surface area contributed by atoms with Crippen molar-refractivity contribution in [2.45, 2.75) is 52.0 Å². The topological polar surface area (TPSA) is 24.4 Å². The SMILES string of the molecule is CC1(C)CCCC(NC2=NCCCS2)C1. The first-order chi connectivity index (χ1) is 7.16. The highest BCUT2D eigenvalue weighted by Crippen LogP contribution is 2.35. The fraction of sp³-hybridized carbons (Fsp3) is 0.917. The third-order valence-corrected chi connectivity index (χ3v) is 4.34. The van der Waals surface area contributed by atoms with Crippen LogP contribution in [0.4, 0.5) is 0 Å². The van der Waals surface area contributed by atoms with Gasteiger partial charge in [-0.25, -0.2) is 0 Å². The van der Waals surface area contributed by atoms with Crippen molar-refractivity contribution in [3.63, 3.8) is 0 Å². The molecule has 0 amide bonds. The molecule has 0 saturated heterocycles. The van der Waals surface area contributed by atoms with Crippen LogP contribution in [-0.2, 0) is 0 Å². The second-order valence-corrected chi connectivity index (χ2v) is 6.57. The molecule has 0 aromatic heterocycles. The molecule has 86 valence electrons. The molecule has 1 unspecified atom stereocenters. The van der Waals surface area contributed by atoms with Gasteiger partial charge in [-0.05, 0) is 31.1 Å². The van der Waals surface area contributed by atoms with Gasteiger partial charge >= 0.3 is 0 Å². The standard InChI is InChI=1S/C12H22N2S/c1-12(2)6-3-5-10(9-12)14-11-13-7-4-8-15-11/h10H,3-9H2,1-2H3,(H,13,14). The molecule has 15 heavy (non-hydrogen) atoms. The van der Waals surface area contributed by atoms with Crippen LogP contribution in [0.5, 0.6) is 0 Å². The van der Waals surface area contributed by atoms with Crippen LogP contribution in [0.25, 0.3) is 0 Å². The number of aliphatic imine (C=N–C) groups is 1. The predicted molar refractivity (Wildman–Crippen MR) is 68.5 cm³/mol. The second kappa shape index (κ2) is 4.77. The molecule has 1 fully saturated rings. The van der Waals surface area contributed by atoms with Gasteiger partial charge in [0.05, 0.1) is 0 Å². The summed E-state index contributed by atoms with van der Waals surface area (Å²) in [5, 5.41) is 4.82. The normalized spacial score (nSPS) is 30.8. The van der Waals surface area contributed by atoms with E-state index in [0.717, 1.165) is 6.54 Å². The lowest BCUT2D eigenvalue weighted by atomic mass is 9.75. The van der Waals surface area contributed by atoms with Gasteiger partial charge in [0, 0.05) is 18.3 Å². The number of nitrogens with one attached hydrogen (secondary N) is 1. The van der Waals surface area contributed by atoms with E-state index in [0.29, 0.717) is 11.5 Å². The quantitative estimate of drug-likeness (QED) is 0.743. The van der Waals surface area contributed by atoms with Crippen molar-refractivity contribution in [1.29, 1.82) is 0 Å². The fourth-order valence-electron chi connectivity index (χ4n) is 2.54. The van der Waals surface area contributed by atoms with Crippen molar-refractivity contribution in [1.82, 2.24) is 5.32 Å². The van der Waals surface area contributed by atoms with Crippen LogP contribution >= 0.6 is 11.8 Å². The minimum Gasteiger partial charge on any atom is -0.362 e. The molecule has 0 aromatic rings. The smallest absolute Gasteiger partial charge is 0.156 e. The first-order valence-corrected chi connectivity index (χ1v) is 7.08. The van der Waals surface area contributed by atoms with Gasteiger partial charge in [0.2, 0.25) is 0 Å². The Morgan fingerprint density at radius 1 is 1.40 bits per heavy atom. The molecule has 2 rings (SSSR count). The van der Waals surface area contributed by atoms with Crippen molar-refractivity contribution in [3.8, 4) is 0 Å². The van der Waals surface area contributed by atoms with E-state index in [-0.39, 0.29) is 0 Å². The van der Waals surface area contributed by atoms with Crippen molar-refractivity contribution >= 4 is 16.9 Å². The number of nitrogens with zero attached hydrogens (tertiary/aromatic N) is 1. The number of hydrogen-bond donors (Lipinski definition) is 1. The van der Waals surface area contributed by atoms with Gasteiger partial charge in [-0.15, -0.1) is 0 Å². The lowest BCUT2D eigenvalue weighted by molar-refractivity contribution is 0.211. The summed E-state index contributed by atoms with van der Waals surface area (Å²) in [5.41, 5.74) is 0.524. The first kappa shape index (κ1) is 11.3. The molecule has 1 atom stereocenters. The van der Waals surface area contributed by atoms with Crippen molar-refractivity contribution in [2.24, 2.45) is 10.4 Å². The van der Waals surface area contributed by atoms with E-state index >= 15 is 0 Å². The average Bonchev–Trinajstić information content (AvgIpc) is 2.17. The van der Waals surface area contributed by atoms with Crippen LogP contribution in [0.1, 0.15) is 46.0 Å². The van der Waals surface area contributed by atoms with Crippen LogP contribution in [0.2, 0.25) is 0 Å². The third kappa shape index (κ3) is 3.40. The molecule has 1 saturated carbocycles. The van der Waals surface area contributed by atoms with Crippen LogP contribution in [0.3, 0.4) is 0 Å². The highest BCUT2D eigenvalue weighted by atomic mass is 32.2. The lowest BCUT2D eigenvalue weighted by Crippen LogP contribution is -2.40. The summed E-state index contributed by atoms with van der Waals surface area (Å²) in [4.78, 5) is 4.54. The largest absolute Gasteiger partial charge is 0.362 e. The Morgan fingerprint density at radius 2 is 2.27 bits per heavy atom. The van der Waals surface area contributed by atoms with Crippen molar-refractivity contribution in [3.05, 3.63) is 0 Å². The summed E-state index contributed by atoms with van der Waals surface area (Å²) in [6.45, 7) is 5.79. The van der Waals surface area contributed by atoms with E-state index in [1.807, 2.05) is 11.8 Å². The summed E-state index contributed by atoms with van der Waals surface area (Å²) in [6.07, 6.45) is 6.61. The molecule has 0 aromatic carbocycles. The summed E-state index contributed by atoms with van der Waals surface area (Å²) < 4.78 is 0. The molecule has 0 radical (unpaired) electrons. The molecule has 2 nitrogen and oxygen atoms in total. The monoisotopic (exact) mass is 226 g/mol. The van der Waals surface area contributed by atoms with Crippen LogP contribution in [-0.4, -0.2) is 23.5 Å². The lowest BCUT2D eigenvalue weighted by Gasteiger charge is -2.36. The van der Waals surface area contributed by atoms with E-state index in [4.69, 9.17) is 0 Å². The zero-order valence-electron chi connectivity index (χ0n) is 9.88. The van der Waals surface area contributed by atoms with Gasteiger partial charge in [0.25, 0.3) is 0 Å². The highest BCUT2D eigenvalue weighted by Gasteiger charge is 2.28. The molecule has 1 N–H and O–H groups in total. The molecule has 1 heterocycles. The molecular formula is C12H22N2S. The Labute approximate surface area is 97.3 Å². The number of amidine groups is 1. The molecule has 2 aliphatic rings. The van der Waals surface area contributed by atoms with Gasteiger partial charge in [-0.1, -0.05) is 32.0 Å². The van der Waals surface area contributed by atoms with E-state index in [1.165, 1.54) is 43.0 Å². The Hall–Kier alpha value is -0.180. The van der Waals surface area contributed by atoms with Gasteiger partial charge in [0.15, 0.2) is 5.17 Å². The summed E-state index contributed by atoms with van der Waals surface area (Å²) in [6, 6.07) is 0.665. The third-order valence-electron chi connectivity index (χ3n) is 3.33. The molecule has 1 aliphatic heterocycles. The van der Waals surface area contributed by atoms with E-state index in [2.05, 4.69) is 24.2 Å². The molecule has 0 bridgehead atoms. The first-order valence-electron chi connectivity index (χ1n) is 6.09. The van der Waals surface area contributed by atoms with Gasteiger partial charge in [-0.2, -0.15) is 0 Å². The minimum absolute atomic E-state index is 0.524. The molecule has 3 heteroatoms. The number of thioether (sulfide) groups is 1. The highest BCUT2D eigenvalue weighted by molar-refractivity contribution is 8.13. The maximum Gasteiger partial charge on any atom is 0.156 e. The second-order valence-electron chi connectivity index (χ2n) is 5.49. The van der Waals surface area contributed by atoms with Crippen molar-refractivity contribution in [2.75, 3.05) is 12.3 Å². The minimum atomic E-state index is 0.524. The number of hydrogen-bond acceptors (Lipinski definition) is 3. The van der Waals surface area contributed by atoms with Crippen LogP contribution in [0, 0.1) is 5.41 Å². The van der Waals surface area contributed by atoms with E-state index in [9.17, 15) is 0 Å². The molecule has 0 spiro atoms. The van der Waals surface area contributed by atoms with Gasteiger partial charge < -0.3 is 5.32 Å². The summed E-state index contributed by atoms with van der Waals surface area (Å²) >= 11 is 1.90. The van der Waals surface area contributed by atoms with Crippen LogP contribution in [0.15, 0.2) is 4.99 Å².